The van der Waals surface area contributed by atoms with Crippen molar-refractivity contribution in [3.8, 4) is 0 Å². The molecule has 0 aliphatic heterocycles. The summed E-state index contributed by atoms with van der Waals surface area (Å²) in [7, 11) is 1.44. The molecule has 2 rings (SSSR count). The molecule has 2 aromatic carbocycles. The van der Waals surface area contributed by atoms with Gasteiger partial charge in [0.05, 0.1) is 7.11 Å². The Hall–Kier alpha value is -2.35. The van der Waals surface area contributed by atoms with Crippen molar-refractivity contribution in [3.05, 3.63) is 77.9 Å². The Morgan fingerprint density at radius 1 is 0.909 bits per heavy atom. The highest BCUT2D eigenvalue weighted by Crippen LogP contribution is 2.24. The first-order chi connectivity index (χ1) is 10.8. The summed E-state index contributed by atoms with van der Waals surface area (Å²) in [5.74, 6) is -0.129. The summed E-state index contributed by atoms with van der Waals surface area (Å²) in [5.41, 5.74) is 3.70. The Labute approximate surface area is 132 Å². The smallest absolute Gasteiger partial charge is 0.305 e. The largest absolute Gasteiger partial charge is 0.469 e. The SMILES string of the molecule is COC(=O)CCCCC=C(c1ccccc1)c1ccccc1. The van der Waals surface area contributed by atoms with Crippen LogP contribution in [-0.2, 0) is 9.53 Å². The van der Waals surface area contributed by atoms with Gasteiger partial charge in [0, 0.05) is 6.42 Å². The number of hydrogen-bond acceptors (Lipinski definition) is 2. The highest BCUT2D eigenvalue weighted by Gasteiger charge is 2.04. The van der Waals surface area contributed by atoms with Gasteiger partial charge in [-0.05, 0) is 36.0 Å². The molecule has 0 saturated carbocycles. The minimum atomic E-state index is -0.129. The van der Waals surface area contributed by atoms with Crippen molar-refractivity contribution in [3.63, 3.8) is 0 Å². The van der Waals surface area contributed by atoms with Gasteiger partial charge in [0.2, 0.25) is 0 Å². The van der Waals surface area contributed by atoms with E-state index in [-0.39, 0.29) is 5.97 Å². The van der Waals surface area contributed by atoms with E-state index in [0.717, 1.165) is 19.3 Å². The van der Waals surface area contributed by atoms with Crippen molar-refractivity contribution < 1.29 is 9.53 Å². The van der Waals surface area contributed by atoms with Crippen LogP contribution in [0.25, 0.3) is 5.57 Å². The van der Waals surface area contributed by atoms with Crippen LogP contribution in [0.15, 0.2) is 66.7 Å². The van der Waals surface area contributed by atoms with Crippen LogP contribution in [0.5, 0.6) is 0 Å². The predicted molar refractivity (Wildman–Crippen MR) is 90.4 cm³/mol. The van der Waals surface area contributed by atoms with E-state index in [1.807, 2.05) is 12.1 Å². The molecule has 22 heavy (non-hydrogen) atoms. The molecular formula is C20H22O2. The van der Waals surface area contributed by atoms with Crippen molar-refractivity contribution in [2.24, 2.45) is 0 Å². The molecule has 0 aromatic heterocycles. The molecule has 0 atom stereocenters. The highest BCUT2D eigenvalue weighted by molar-refractivity contribution is 5.79. The molecule has 0 fully saturated rings. The molecule has 0 aliphatic carbocycles. The monoisotopic (exact) mass is 294 g/mol. The van der Waals surface area contributed by atoms with Crippen LogP contribution < -0.4 is 0 Å². The Morgan fingerprint density at radius 2 is 1.45 bits per heavy atom. The highest BCUT2D eigenvalue weighted by atomic mass is 16.5. The molecular weight excluding hydrogens is 272 g/mol. The van der Waals surface area contributed by atoms with Gasteiger partial charge in [0.25, 0.3) is 0 Å². The first kappa shape index (κ1) is 16.0. The van der Waals surface area contributed by atoms with Gasteiger partial charge in [-0.15, -0.1) is 0 Å². The van der Waals surface area contributed by atoms with Crippen LogP contribution in [0.2, 0.25) is 0 Å². The van der Waals surface area contributed by atoms with Gasteiger partial charge >= 0.3 is 5.97 Å². The summed E-state index contributed by atoms with van der Waals surface area (Å²) in [6.07, 6.45) is 5.56. The number of benzene rings is 2. The third-order valence-electron chi connectivity index (χ3n) is 3.58. The van der Waals surface area contributed by atoms with E-state index in [4.69, 9.17) is 0 Å². The number of methoxy groups -OCH3 is 1. The molecule has 2 heteroatoms. The van der Waals surface area contributed by atoms with Crippen LogP contribution in [0, 0.1) is 0 Å². The molecule has 0 amide bonds. The van der Waals surface area contributed by atoms with E-state index in [9.17, 15) is 4.79 Å². The zero-order chi connectivity index (χ0) is 15.6. The van der Waals surface area contributed by atoms with Crippen LogP contribution in [-0.4, -0.2) is 13.1 Å². The molecule has 0 radical (unpaired) electrons. The fourth-order valence-electron chi connectivity index (χ4n) is 2.40. The van der Waals surface area contributed by atoms with E-state index in [1.54, 1.807) is 0 Å². The number of hydrogen-bond donors (Lipinski definition) is 0. The maximum absolute atomic E-state index is 11.1. The van der Waals surface area contributed by atoms with E-state index < -0.39 is 0 Å². The number of unbranched alkanes of at least 4 members (excludes halogenated alkanes) is 2. The second-order valence-electron chi connectivity index (χ2n) is 5.17. The molecule has 0 heterocycles. The fraction of sp³-hybridized carbons (Fsp3) is 0.250. The Morgan fingerprint density at radius 3 is 1.95 bits per heavy atom. The quantitative estimate of drug-likeness (QED) is 0.539. The van der Waals surface area contributed by atoms with E-state index in [2.05, 4.69) is 59.3 Å². The van der Waals surface area contributed by atoms with Crippen molar-refractivity contribution in [2.75, 3.05) is 7.11 Å². The Kier molecular flexibility index (Phi) is 6.43. The summed E-state index contributed by atoms with van der Waals surface area (Å²) in [6.45, 7) is 0. The predicted octanol–water partition coefficient (Wildman–Crippen LogP) is 4.85. The number of ether oxygens (including phenoxy) is 1. The maximum atomic E-state index is 11.1. The minimum absolute atomic E-state index is 0.129. The van der Waals surface area contributed by atoms with Crippen LogP contribution in [0.4, 0.5) is 0 Å². The van der Waals surface area contributed by atoms with Gasteiger partial charge in [-0.1, -0.05) is 66.7 Å². The number of rotatable bonds is 7. The second-order valence-corrected chi connectivity index (χ2v) is 5.17. The average Bonchev–Trinajstić information content (AvgIpc) is 2.59. The maximum Gasteiger partial charge on any atom is 0.305 e. The fourth-order valence-corrected chi connectivity index (χ4v) is 2.40. The summed E-state index contributed by atoms with van der Waals surface area (Å²) in [6, 6.07) is 20.8. The summed E-state index contributed by atoms with van der Waals surface area (Å²) in [5, 5.41) is 0. The molecule has 0 unspecified atom stereocenters. The van der Waals surface area contributed by atoms with Crippen molar-refractivity contribution in [2.45, 2.75) is 25.7 Å². The van der Waals surface area contributed by atoms with Gasteiger partial charge in [-0.2, -0.15) is 0 Å². The van der Waals surface area contributed by atoms with Gasteiger partial charge in [0.1, 0.15) is 0 Å². The number of esters is 1. The molecule has 0 saturated heterocycles. The average molecular weight is 294 g/mol. The third kappa shape index (κ3) is 4.88. The Bertz CT molecular complexity index is 559. The molecule has 0 N–H and O–H groups in total. The van der Waals surface area contributed by atoms with Crippen molar-refractivity contribution in [1.29, 1.82) is 0 Å². The molecule has 2 aromatic rings. The summed E-state index contributed by atoms with van der Waals surface area (Å²) in [4.78, 5) is 11.1. The van der Waals surface area contributed by atoms with E-state index >= 15 is 0 Å². The zero-order valence-electron chi connectivity index (χ0n) is 13.0. The van der Waals surface area contributed by atoms with E-state index in [1.165, 1.54) is 23.8 Å². The number of carbonyl (C=O) groups is 1. The lowest BCUT2D eigenvalue weighted by Crippen LogP contribution is -1.98. The lowest BCUT2D eigenvalue weighted by Gasteiger charge is -2.08. The topological polar surface area (TPSA) is 26.3 Å². The lowest BCUT2D eigenvalue weighted by atomic mass is 9.96. The number of carbonyl (C=O) groups excluding carboxylic acids is 1. The van der Waals surface area contributed by atoms with Gasteiger partial charge in [0.15, 0.2) is 0 Å². The third-order valence-corrected chi connectivity index (χ3v) is 3.58. The van der Waals surface area contributed by atoms with Crippen LogP contribution >= 0.6 is 0 Å². The lowest BCUT2D eigenvalue weighted by molar-refractivity contribution is -0.140. The molecule has 0 bridgehead atoms. The minimum Gasteiger partial charge on any atom is -0.469 e. The van der Waals surface area contributed by atoms with Crippen molar-refractivity contribution >= 4 is 11.5 Å². The first-order valence-electron chi connectivity index (χ1n) is 7.69. The number of allylic oxidation sites excluding steroid dienone is 1. The summed E-state index contributed by atoms with van der Waals surface area (Å²) < 4.78 is 4.66. The molecule has 2 nitrogen and oxygen atoms in total. The van der Waals surface area contributed by atoms with E-state index in [0.29, 0.717) is 6.42 Å². The first-order valence-corrected chi connectivity index (χ1v) is 7.69. The zero-order valence-corrected chi connectivity index (χ0v) is 13.0. The molecule has 0 spiro atoms. The summed E-state index contributed by atoms with van der Waals surface area (Å²) >= 11 is 0. The van der Waals surface area contributed by atoms with Gasteiger partial charge in [-0.25, -0.2) is 0 Å². The van der Waals surface area contributed by atoms with Gasteiger partial charge < -0.3 is 4.74 Å². The second kappa shape index (κ2) is 8.83. The van der Waals surface area contributed by atoms with Gasteiger partial charge in [-0.3, -0.25) is 4.79 Å². The molecule has 0 aliphatic rings. The molecule has 114 valence electrons. The normalized spacial score (nSPS) is 10.0. The van der Waals surface area contributed by atoms with Crippen LogP contribution in [0.3, 0.4) is 0 Å². The standard InChI is InChI=1S/C20H22O2/c1-22-20(21)16-10-4-9-15-19(17-11-5-2-6-12-17)18-13-7-3-8-14-18/h2-3,5-8,11-15H,4,9-10,16H2,1H3. The van der Waals surface area contributed by atoms with Crippen molar-refractivity contribution in [1.82, 2.24) is 0 Å². The Balaban J connectivity index is 2.05. The van der Waals surface area contributed by atoms with Crippen LogP contribution in [0.1, 0.15) is 36.8 Å².